The number of rotatable bonds is 11. The predicted molar refractivity (Wildman–Crippen MR) is 188 cm³/mol. The first-order chi connectivity index (χ1) is 21.1. The fourth-order valence-electron chi connectivity index (χ4n) is 4.39. The lowest BCUT2D eigenvalue weighted by Gasteiger charge is -2.27. The van der Waals surface area contributed by atoms with Crippen LogP contribution in [0.25, 0.3) is 0 Å². The van der Waals surface area contributed by atoms with E-state index in [1.165, 1.54) is 5.56 Å². The maximum absolute atomic E-state index is 6.50. The SMILES string of the molecule is Br.COc1ccc(CN(Cc2ccc(OC)cc2)C(=Nc2cc(Cl)ccc2Oc2ccccc2)SCc2ccccc2)cc1. The van der Waals surface area contributed by atoms with Crippen LogP contribution in [0.15, 0.2) is 132 Å². The van der Waals surface area contributed by atoms with Gasteiger partial charge < -0.3 is 19.1 Å². The van der Waals surface area contributed by atoms with Crippen LogP contribution in [0.2, 0.25) is 5.02 Å². The largest absolute Gasteiger partial charge is 0.497 e. The summed E-state index contributed by atoms with van der Waals surface area (Å²) in [6.07, 6.45) is 0. The predicted octanol–water partition coefficient (Wildman–Crippen LogP) is 10.4. The molecule has 0 bridgehead atoms. The van der Waals surface area contributed by atoms with Crippen LogP contribution in [0.1, 0.15) is 16.7 Å². The van der Waals surface area contributed by atoms with Crippen LogP contribution in [0.4, 0.5) is 5.69 Å². The molecule has 0 spiro atoms. The molecule has 0 N–H and O–H groups in total. The molecule has 0 unspecified atom stereocenters. The first-order valence-corrected chi connectivity index (χ1v) is 15.2. The highest BCUT2D eigenvalue weighted by Gasteiger charge is 2.17. The number of aliphatic imine (C=N–C) groups is 1. The third-order valence-electron chi connectivity index (χ3n) is 6.65. The smallest absolute Gasteiger partial charge is 0.165 e. The summed E-state index contributed by atoms with van der Waals surface area (Å²) in [6, 6.07) is 41.9. The fraction of sp³-hybridized carbons (Fsp3) is 0.139. The minimum Gasteiger partial charge on any atom is -0.497 e. The Morgan fingerprint density at radius 2 is 1.20 bits per heavy atom. The van der Waals surface area contributed by atoms with Crippen LogP contribution in [0, 0.1) is 0 Å². The molecule has 226 valence electrons. The average molecular weight is 690 g/mol. The van der Waals surface area contributed by atoms with Gasteiger partial charge in [-0.25, -0.2) is 4.99 Å². The van der Waals surface area contributed by atoms with E-state index >= 15 is 0 Å². The van der Waals surface area contributed by atoms with Crippen molar-refractivity contribution in [1.82, 2.24) is 4.90 Å². The van der Waals surface area contributed by atoms with Crippen LogP contribution < -0.4 is 14.2 Å². The zero-order valence-corrected chi connectivity index (χ0v) is 27.8. The van der Waals surface area contributed by atoms with E-state index in [4.69, 9.17) is 30.8 Å². The van der Waals surface area contributed by atoms with E-state index in [-0.39, 0.29) is 17.0 Å². The van der Waals surface area contributed by atoms with Crippen LogP contribution in [-0.4, -0.2) is 24.3 Å². The lowest BCUT2D eigenvalue weighted by Crippen LogP contribution is -2.28. The Labute approximate surface area is 279 Å². The molecule has 0 fully saturated rings. The quantitative estimate of drug-likeness (QED) is 0.102. The molecule has 0 aromatic heterocycles. The van der Waals surface area contributed by atoms with Gasteiger partial charge in [-0.2, -0.15) is 0 Å². The monoisotopic (exact) mass is 688 g/mol. The van der Waals surface area contributed by atoms with Gasteiger partial charge in [-0.05, 0) is 71.3 Å². The van der Waals surface area contributed by atoms with Crippen molar-refractivity contribution in [2.75, 3.05) is 14.2 Å². The molecule has 0 amide bonds. The van der Waals surface area contributed by atoms with E-state index < -0.39 is 0 Å². The Hall–Kier alpha value is -3.91. The molecule has 0 heterocycles. The molecule has 0 aliphatic rings. The molecular weight excluding hydrogens is 656 g/mol. The third-order valence-corrected chi connectivity index (χ3v) is 7.97. The number of nitrogens with zero attached hydrogens (tertiary/aromatic N) is 2. The van der Waals surface area contributed by atoms with E-state index in [1.807, 2.05) is 78.9 Å². The summed E-state index contributed by atoms with van der Waals surface area (Å²) in [5.74, 6) is 3.74. The second-order valence-electron chi connectivity index (χ2n) is 9.75. The molecule has 0 atom stereocenters. The van der Waals surface area contributed by atoms with E-state index in [0.717, 1.165) is 39.3 Å². The number of ether oxygens (including phenoxy) is 3. The van der Waals surface area contributed by atoms with E-state index in [1.54, 1.807) is 26.0 Å². The molecule has 5 aromatic rings. The molecule has 0 saturated carbocycles. The van der Waals surface area contributed by atoms with Crippen molar-refractivity contribution in [2.45, 2.75) is 18.8 Å². The van der Waals surface area contributed by atoms with Crippen LogP contribution in [0.5, 0.6) is 23.0 Å². The molecule has 5 aromatic carbocycles. The Kier molecular flexibility index (Phi) is 12.6. The van der Waals surface area contributed by atoms with Gasteiger partial charge in [0.05, 0.1) is 14.2 Å². The molecule has 5 nitrogen and oxygen atoms in total. The maximum Gasteiger partial charge on any atom is 0.165 e. The highest BCUT2D eigenvalue weighted by Crippen LogP contribution is 2.36. The van der Waals surface area contributed by atoms with E-state index in [9.17, 15) is 0 Å². The number of thioether (sulfide) groups is 1. The molecule has 0 saturated heterocycles. The number of hydrogen-bond donors (Lipinski definition) is 0. The van der Waals surface area contributed by atoms with Gasteiger partial charge in [0.1, 0.15) is 22.9 Å². The summed E-state index contributed by atoms with van der Waals surface area (Å²) in [7, 11) is 3.35. The van der Waals surface area contributed by atoms with Gasteiger partial charge in [-0.1, -0.05) is 96.2 Å². The van der Waals surface area contributed by atoms with Gasteiger partial charge in [-0.3, -0.25) is 0 Å². The van der Waals surface area contributed by atoms with E-state index in [2.05, 4.69) is 53.4 Å². The minimum absolute atomic E-state index is 0. The molecule has 5 rings (SSSR count). The Balaban J connectivity index is 0.00000442. The number of benzene rings is 5. The number of amidine groups is 1. The van der Waals surface area contributed by atoms with Gasteiger partial charge in [0, 0.05) is 23.9 Å². The number of methoxy groups -OCH3 is 2. The molecule has 0 aliphatic carbocycles. The van der Waals surface area contributed by atoms with Crippen LogP contribution in [0.3, 0.4) is 0 Å². The van der Waals surface area contributed by atoms with Gasteiger partial charge in [0.2, 0.25) is 0 Å². The lowest BCUT2D eigenvalue weighted by molar-refractivity contribution is 0.405. The summed E-state index contributed by atoms with van der Waals surface area (Å²) in [5, 5.41) is 1.43. The van der Waals surface area contributed by atoms with Gasteiger partial charge >= 0.3 is 0 Å². The van der Waals surface area contributed by atoms with Crippen LogP contribution in [-0.2, 0) is 18.8 Å². The highest BCUT2D eigenvalue weighted by molar-refractivity contribution is 8.93. The topological polar surface area (TPSA) is 43.3 Å². The average Bonchev–Trinajstić information content (AvgIpc) is 3.05. The van der Waals surface area contributed by atoms with Crippen molar-refractivity contribution in [1.29, 1.82) is 0 Å². The van der Waals surface area contributed by atoms with Gasteiger partial charge in [0.25, 0.3) is 0 Å². The van der Waals surface area contributed by atoms with Crippen molar-refractivity contribution in [2.24, 2.45) is 4.99 Å². The van der Waals surface area contributed by atoms with Crippen molar-refractivity contribution < 1.29 is 14.2 Å². The zero-order valence-electron chi connectivity index (χ0n) is 24.6. The first-order valence-electron chi connectivity index (χ1n) is 13.9. The van der Waals surface area contributed by atoms with Gasteiger partial charge in [0.15, 0.2) is 10.9 Å². The number of halogens is 2. The summed E-state index contributed by atoms with van der Waals surface area (Å²) < 4.78 is 17.1. The standard InChI is InChI=1S/C36H33ClN2O3S.BrH/c1-40-31-18-13-27(14-19-31)24-39(25-28-15-20-32(41-2)21-16-28)36(43-26-29-9-5-3-6-10-29)38-34-23-30(37)17-22-35(34)42-33-11-7-4-8-12-33;/h3-23H,24-26H2,1-2H3;1H. The van der Waals surface area contributed by atoms with Crippen molar-refractivity contribution in [3.8, 4) is 23.0 Å². The number of hydrogen-bond acceptors (Lipinski definition) is 5. The van der Waals surface area contributed by atoms with Gasteiger partial charge in [-0.15, -0.1) is 17.0 Å². The number of para-hydroxylation sites is 1. The normalized spacial score (nSPS) is 10.9. The molecule has 0 radical (unpaired) electrons. The summed E-state index contributed by atoms with van der Waals surface area (Å²) >= 11 is 8.18. The van der Waals surface area contributed by atoms with Crippen LogP contribution >= 0.6 is 40.3 Å². The first kappa shape index (κ1) is 33.0. The molecule has 8 heteroatoms. The minimum atomic E-state index is 0. The molecule has 0 aliphatic heterocycles. The van der Waals surface area contributed by atoms with E-state index in [0.29, 0.717) is 29.5 Å². The lowest BCUT2D eigenvalue weighted by atomic mass is 10.1. The van der Waals surface area contributed by atoms with Crippen molar-refractivity contribution >= 4 is 51.2 Å². The molecular formula is C36H34BrClN2O3S. The summed E-state index contributed by atoms with van der Waals surface area (Å²) in [6.45, 7) is 1.26. The summed E-state index contributed by atoms with van der Waals surface area (Å²) in [5.41, 5.74) is 4.13. The van der Waals surface area contributed by atoms with Crippen molar-refractivity contribution in [3.63, 3.8) is 0 Å². The highest BCUT2D eigenvalue weighted by atomic mass is 79.9. The Morgan fingerprint density at radius 1 is 0.659 bits per heavy atom. The molecule has 44 heavy (non-hydrogen) atoms. The second-order valence-corrected chi connectivity index (χ2v) is 11.1. The fourth-order valence-corrected chi connectivity index (χ4v) is 5.52. The third kappa shape index (κ3) is 9.55. The Morgan fingerprint density at radius 3 is 1.75 bits per heavy atom. The zero-order chi connectivity index (χ0) is 29.9. The summed E-state index contributed by atoms with van der Waals surface area (Å²) in [4.78, 5) is 7.52. The maximum atomic E-state index is 6.50. The second kappa shape index (κ2) is 16.8. The Bertz CT molecular complexity index is 1570. The van der Waals surface area contributed by atoms with Crippen molar-refractivity contribution in [3.05, 3.63) is 149 Å².